The van der Waals surface area contributed by atoms with E-state index in [9.17, 15) is 5.26 Å². The van der Waals surface area contributed by atoms with Crippen molar-refractivity contribution in [3.63, 3.8) is 0 Å². The van der Waals surface area contributed by atoms with Crippen molar-refractivity contribution in [3.05, 3.63) is 234 Å². The number of fused-ring (bicyclic) bond motifs is 15. The number of nitrogens with zero attached hydrogens (tertiary/aromatic N) is 6. The number of hydrogen-bond donors (Lipinski definition) is 0. The number of furan rings is 1. The molecule has 0 bridgehead atoms. The van der Waals surface area contributed by atoms with Gasteiger partial charge in [0.1, 0.15) is 17.2 Å². The summed E-state index contributed by atoms with van der Waals surface area (Å²) in [4.78, 5) is 4.72. The van der Waals surface area contributed by atoms with E-state index in [1.165, 1.54) is 0 Å². The van der Waals surface area contributed by atoms with Crippen molar-refractivity contribution in [2.45, 2.75) is 27.7 Å². The van der Waals surface area contributed by atoms with Crippen molar-refractivity contribution in [1.29, 1.82) is 5.26 Å². The normalized spacial score (nSPS) is 12.1. The van der Waals surface area contributed by atoms with Crippen LogP contribution in [-0.2, 0) is 0 Å². The molecule has 0 radical (unpaired) electrons. The van der Waals surface area contributed by atoms with E-state index in [2.05, 4.69) is 246 Å². The minimum atomic E-state index is 0.526. The molecule has 0 amide bonds. The van der Waals surface area contributed by atoms with Crippen LogP contribution in [0.5, 0.6) is 0 Å². The molecule has 0 saturated heterocycles. The van der Waals surface area contributed by atoms with Gasteiger partial charge in [0, 0.05) is 65.6 Å². The first-order valence-electron chi connectivity index (χ1n) is 26.3. The van der Waals surface area contributed by atoms with Gasteiger partial charge in [0.15, 0.2) is 0 Å². The zero-order chi connectivity index (χ0) is 51.4. The Morgan fingerprint density at radius 1 is 0.351 bits per heavy atom. The van der Waals surface area contributed by atoms with Gasteiger partial charge in [0.25, 0.3) is 0 Å². The fourth-order valence-corrected chi connectivity index (χ4v) is 13.0. The Balaban J connectivity index is 1.28. The molecule has 0 aliphatic heterocycles. The molecule has 6 aromatic heterocycles. The van der Waals surface area contributed by atoms with Gasteiger partial charge < -0.3 is 22.7 Å². The van der Waals surface area contributed by atoms with Gasteiger partial charge in [-0.3, -0.25) is 0 Å². The van der Waals surface area contributed by atoms with E-state index in [4.69, 9.17) is 9.40 Å². The highest BCUT2D eigenvalue weighted by Crippen LogP contribution is 2.52. The maximum atomic E-state index is 12.9. The lowest BCUT2D eigenvalue weighted by Gasteiger charge is -2.29. The smallest absolute Gasteiger partial charge is 0.227 e. The minimum absolute atomic E-state index is 0.526. The van der Waals surface area contributed by atoms with Gasteiger partial charge in [-0.1, -0.05) is 127 Å². The molecule has 6 heterocycles. The molecular formula is C70H46N6O. The van der Waals surface area contributed by atoms with Gasteiger partial charge in [0.2, 0.25) is 5.71 Å². The van der Waals surface area contributed by atoms with Crippen LogP contribution in [0, 0.1) is 39.0 Å². The van der Waals surface area contributed by atoms with Crippen LogP contribution in [0.3, 0.4) is 0 Å². The van der Waals surface area contributed by atoms with Crippen molar-refractivity contribution in [3.8, 4) is 39.9 Å². The summed E-state index contributed by atoms with van der Waals surface area (Å²) in [6.45, 7) is 8.65. The molecule has 362 valence electrons. The molecule has 7 nitrogen and oxygen atoms in total. The molecule has 0 atom stereocenters. The second kappa shape index (κ2) is 15.9. The molecule has 0 saturated carbocycles. The largest absolute Gasteiger partial charge is 0.438 e. The van der Waals surface area contributed by atoms with Crippen LogP contribution < -0.4 is 0 Å². The summed E-state index contributed by atoms with van der Waals surface area (Å²) >= 11 is 0. The van der Waals surface area contributed by atoms with Gasteiger partial charge in [-0.25, -0.2) is 4.98 Å². The summed E-state index contributed by atoms with van der Waals surface area (Å²) in [5.41, 5.74) is 19.6. The summed E-state index contributed by atoms with van der Waals surface area (Å²) in [7, 11) is 0. The Kier molecular flexibility index (Phi) is 8.95. The molecule has 0 aliphatic rings. The Labute approximate surface area is 441 Å². The van der Waals surface area contributed by atoms with Crippen LogP contribution in [0.4, 0.5) is 0 Å². The minimum Gasteiger partial charge on any atom is -0.438 e. The van der Waals surface area contributed by atoms with Gasteiger partial charge in [-0.15, -0.1) is 0 Å². The van der Waals surface area contributed by atoms with Gasteiger partial charge in [-0.2, -0.15) is 5.26 Å². The lowest BCUT2D eigenvalue weighted by Crippen LogP contribution is -2.16. The second-order valence-electron chi connectivity index (χ2n) is 20.9. The maximum absolute atomic E-state index is 12.9. The number of rotatable bonds is 5. The summed E-state index contributed by atoms with van der Waals surface area (Å²) in [6, 6.07) is 75.6. The zero-order valence-electron chi connectivity index (χ0n) is 42.7. The first-order chi connectivity index (χ1) is 37.8. The maximum Gasteiger partial charge on any atom is 0.227 e. The quantitative estimate of drug-likeness (QED) is 0.172. The van der Waals surface area contributed by atoms with Crippen LogP contribution in [0.25, 0.3) is 143 Å². The molecule has 0 N–H and O–H groups in total. The van der Waals surface area contributed by atoms with E-state index in [1.807, 2.05) is 6.07 Å². The molecule has 0 unspecified atom stereocenters. The number of aromatic nitrogens is 5. The van der Waals surface area contributed by atoms with Gasteiger partial charge in [-0.05, 0) is 128 Å². The number of benzene rings is 10. The average Bonchev–Trinajstić information content (AvgIpc) is 4.46. The van der Waals surface area contributed by atoms with Crippen LogP contribution in [0.2, 0.25) is 0 Å². The Morgan fingerprint density at radius 3 is 1.10 bits per heavy atom. The molecule has 10 aromatic carbocycles. The number of aryl methyl sites for hydroxylation is 4. The third-order valence-corrected chi connectivity index (χ3v) is 16.3. The first-order valence-corrected chi connectivity index (χ1v) is 26.3. The highest BCUT2D eigenvalue weighted by Gasteiger charge is 2.35. The molecule has 16 aromatic rings. The van der Waals surface area contributed by atoms with Gasteiger partial charge in [0.05, 0.1) is 66.9 Å². The van der Waals surface area contributed by atoms with Crippen molar-refractivity contribution in [2.24, 2.45) is 0 Å². The highest BCUT2D eigenvalue weighted by atomic mass is 16.3. The van der Waals surface area contributed by atoms with Crippen molar-refractivity contribution >= 4 is 109 Å². The molecule has 77 heavy (non-hydrogen) atoms. The van der Waals surface area contributed by atoms with E-state index in [1.54, 1.807) is 6.20 Å². The van der Waals surface area contributed by atoms with E-state index >= 15 is 0 Å². The molecule has 0 aliphatic carbocycles. The van der Waals surface area contributed by atoms with Gasteiger partial charge >= 0.3 is 0 Å². The lowest BCUT2D eigenvalue weighted by atomic mass is 9.92. The number of para-hydroxylation sites is 4. The van der Waals surface area contributed by atoms with Crippen molar-refractivity contribution < 1.29 is 4.42 Å². The second-order valence-corrected chi connectivity index (χ2v) is 20.9. The molecule has 7 heteroatoms. The van der Waals surface area contributed by atoms with Crippen molar-refractivity contribution in [2.75, 3.05) is 0 Å². The van der Waals surface area contributed by atoms with E-state index < -0.39 is 0 Å². The van der Waals surface area contributed by atoms with E-state index in [-0.39, 0.29) is 0 Å². The third kappa shape index (κ3) is 5.98. The molecule has 0 fully saturated rings. The Morgan fingerprint density at radius 2 is 0.701 bits per heavy atom. The summed E-state index contributed by atoms with van der Waals surface area (Å²) in [5, 5.41) is 23.8. The zero-order valence-corrected chi connectivity index (χ0v) is 42.7. The van der Waals surface area contributed by atoms with E-state index in [0.717, 1.165) is 160 Å². The van der Waals surface area contributed by atoms with Crippen molar-refractivity contribution in [1.82, 2.24) is 23.3 Å². The predicted octanol–water partition coefficient (Wildman–Crippen LogP) is 18.1. The first kappa shape index (κ1) is 43.3. The summed E-state index contributed by atoms with van der Waals surface area (Å²) < 4.78 is 16.5. The predicted molar refractivity (Wildman–Crippen MR) is 318 cm³/mol. The summed E-state index contributed by atoms with van der Waals surface area (Å²) in [6.07, 6.45) is 1.79. The number of nitriles is 1. The topological polar surface area (TPSA) is 69.5 Å². The fraction of sp³-hybridized carbons (Fsp3) is 0.0571. The molecule has 0 spiro atoms. The monoisotopic (exact) mass is 986 g/mol. The average molecular weight is 987 g/mol. The summed E-state index contributed by atoms with van der Waals surface area (Å²) in [5.74, 6) is 0. The SMILES string of the molecule is Cc1ccc2c3ccccc3n(-c3c(C#N)c(-n4c5ccccc5c5ccc(C)cc54)c(-n4c5ccccc5c5ccc(C)cc54)c(-c4ccc5c(c4)oc4ncccc45)c3-n3c4ccccc4c4ccc(C)cc43)c2c1. The Bertz CT molecular complexity index is 5030. The molecular weight excluding hydrogens is 941 g/mol. The van der Waals surface area contributed by atoms with Crippen LogP contribution in [0.1, 0.15) is 27.8 Å². The van der Waals surface area contributed by atoms with Crippen LogP contribution in [0.15, 0.2) is 211 Å². The highest BCUT2D eigenvalue weighted by molar-refractivity contribution is 6.18. The number of pyridine rings is 1. The third-order valence-electron chi connectivity index (χ3n) is 16.3. The number of hydrogen-bond acceptors (Lipinski definition) is 3. The van der Waals surface area contributed by atoms with Crippen LogP contribution in [-0.4, -0.2) is 23.3 Å². The fourth-order valence-electron chi connectivity index (χ4n) is 13.0. The molecule has 16 rings (SSSR count). The Hall–Kier alpha value is -10.2. The lowest BCUT2D eigenvalue weighted by molar-refractivity contribution is 0.654. The van der Waals surface area contributed by atoms with Crippen LogP contribution >= 0.6 is 0 Å². The standard InChI is InChI=1S/C70H46N6O/c1-40-23-28-49-45-14-5-9-19-56(45)73(60(49)34-40)66-55(39-71)67(74-57-20-10-6-15-46(57)50-29-24-41(2)35-61(50)74)69(76-59-22-12-8-17-48(59)52-31-26-43(4)37-63(52)76)65(44-27-32-53-54-18-13-33-72-70(54)77-64(53)38-44)68(66)75-58-21-11-7-16-47(58)51-30-25-42(3)36-62(51)75/h5-38H,1-4H3. The van der Waals surface area contributed by atoms with E-state index in [0.29, 0.717) is 11.3 Å².